The van der Waals surface area contributed by atoms with E-state index in [-0.39, 0.29) is 97.1 Å². The summed E-state index contributed by atoms with van der Waals surface area (Å²) >= 11 is 0. The van der Waals surface area contributed by atoms with E-state index < -0.39 is 65.4 Å². The first-order chi connectivity index (χ1) is 34.7. The maximum Gasteiger partial charge on any atom is 0.416 e. The highest BCUT2D eigenvalue weighted by Gasteiger charge is 2.47. The molecule has 0 saturated carbocycles. The Morgan fingerprint density at radius 1 is 0.644 bits per heavy atom. The molecule has 6 amide bonds. The molecule has 15 nitrogen and oxygen atoms in total. The van der Waals surface area contributed by atoms with Gasteiger partial charge in [-0.15, -0.1) is 0 Å². The first kappa shape index (κ1) is 51.2. The fraction of sp³-hybridized carbons (Fsp3) is 0.327. The summed E-state index contributed by atoms with van der Waals surface area (Å²) in [5.74, 6) is -2.10. The van der Waals surface area contributed by atoms with E-state index in [1.165, 1.54) is 46.2 Å². The van der Waals surface area contributed by atoms with Crippen molar-refractivity contribution in [3.05, 3.63) is 153 Å². The van der Waals surface area contributed by atoms with E-state index >= 15 is 0 Å². The van der Waals surface area contributed by atoms with Crippen LogP contribution in [0.5, 0.6) is 0 Å². The second-order valence-electron chi connectivity index (χ2n) is 18.3. The number of unbranched alkanes of at least 4 members (excludes halogenated alkanes) is 1. The van der Waals surface area contributed by atoms with Gasteiger partial charge in [0.15, 0.2) is 6.54 Å². The fourth-order valence-corrected chi connectivity index (χ4v) is 10.1. The van der Waals surface area contributed by atoms with Gasteiger partial charge in [-0.2, -0.15) is 36.9 Å². The number of amides is 6. The van der Waals surface area contributed by atoms with Gasteiger partial charge in [-0.3, -0.25) is 19.4 Å². The SMILES string of the molecule is CCCC[N+](CCCN1CC2=C(C1=O)C(c1ccc(C#N)cc1)NC(=O)N2c1cccc(C(F)(F)F)c1)(CCCN1CC2=C(C1=O)C(c1ccc(C#N)cc1)NC(=O)N2c1cccc(C(F)(F)F)c1)CC(=O)O. The first-order valence-corrected chi connectivity index (χ1v) is 23.4. The molecule has 2 unspecified atom stereocenters. The van der Waals surface area contributed by atoms with E-state index in [1.807, 2.05) is 19.1 Å². The molecule has 2 atom stereocenters. The molecule has 4 aromatic rings. The number of nitrogens with zero attached hydrogens (tertiary/aromatic N) is 7. The third-order valence-electron chi connectivity index (χ3n) is 13.6. The number of quaternary nitrogens is 1. The maximum absolute atomic E-state index is 14.5. The number of benzene rings is 4. The van der Waals surface area contributed by atoms with Crippen molar-refractivity contribution in [1.82, 2.24) is 20.4 Å². The van der Waals surface area contributed by atoms with Crippen molar-refractivity contribution in [3.63, 3.8) is 0 Å². The van der Waals surface area contributed by atoms with Gasteiger partial charge >= 0.3 is 30.4 Å². The fourth-order valence-electron chi connectivity index (χ4n) is 10.1. The lowest BCUT2D eigenvalue weighted by Crippen LogP contribution is -2.54. The Bertz CT molecular complexity index is 2810. The van der Waals surface area contributed by atoms with E-state index in [9.17, 15) is 65.9 Å². The minimum absolute atomic E-state index is 0.0298. The predicted molar refractivity (Wildman–Crippen MR) is 251 cm³/mol. The summed E-state index contributed by atoms with van der Waals surface area (Å²) in [6.07, 6.45) is -7.64. The zero-order valence-electron chi connectivity index (χ0n) is 39.3. The molecule has 0 aromatic heterocycles. The number of carbonyl (C=O) groups excluding carboxylic acids is 4. The monoisotopic (exact) mass is 1010 g/mol. The van der Waals surface area contributed by atoms with Gasteiger partial charge in [-0.05, 0) is 78.2 Å². The third-order valence-corrected chi connectivity index (χ3v) is 13.6. The topological polar surface area (TPSA) is 190 Å². The number of urea groups is 2. The Hall–Kier alpha value is -8.17. The Balaban J connectivity index is 1.02. The minimum atomic E-state index is -4.73. The van der Waals surface area contributed by atoms with Crippen molar-refractivity contribution >= 4 is 41.2 Å². The Morgan fingerprint density at radius 2 is 1.04 bits per heavy atom. The van der Waals surface area contributed by atoms with Gasteiger partial charge in [0.05, 0.1) is 113 Å². The van der Waals surface area contributed by atoms with Gasteiger partial charge in [0.25, 0.3) is 11.8 Å². The van der Waals surface area contributed by atoms with Crippen LogP contribution in [0.25, 0.3) is 0 Å². The molecule has 0 aliphatic carbocycles. The van der Waals surface area contributed by atoms with Crippen molar-refractivity contribution in [2.75, 3.05) is 62.2 Å². The quantitative estimate of drug-likeness (QED) is 0.0694. The van der Waals surface area contributed by atoms with E-state index in [0.29, 0.717) is 41.6 Å². The van der Waals surface area contributed by atoms with Crippen LogP contribution in [0.1, 0.15) is 78.1 Å². The number of aliphatic carboxylic acids is 1. The number of nitrogens with one attached hydrogen (secondary N) is 2. The lowest BCUT2D eigenvalue weighted by Gasteiger charge is -2.38. The number of carboxylic acid groups (broad SMARTS) is 1. The van der Waals surface area contributed by atoms with E-state index in [1.54, 1.807) is 24.3 Å². The van der Waals surface area contributed by atoms with Crippen LogP contribution in [0.15, 0.2) is 120 Å². The highest BCUT2D eigenvalue weighted by atomic mass is 19.4. The molecule has 0 saturated heterocycles. The Kier molecular flexibility index (Phi) is 14.4. The molecule has 0 spiro atoms. The smallest absolute Gasteiger partial charge is 0.416 e. The average Bonchev–Trinajstić information content (AvgIpc) is 3.86. The number of nitriles is 2. The lowest BCUT2D eigenvalue weighted by atomic mass is 9.94. The second-order valence-corrected chi connectivity index (χ2v) is 18.3. The van der Waals surface area contributed by atoms with Crippen molar-refractivity contribution < 1.29 is 59.9 Å². The van der Waals surface area contributed by atoms with Gasteiger partial charge in [-0.25, -0.2) is 14.4 Å². The highest BCUT2D eigenvalue weighted by Crippen LogP contribution is 2.42. The highest BCUT2D eigenvalue weighted by molar-refractivity contribution is 6.08. The summed E-state index contributed by atoms with van der Waals surface area (Å²) in [5, 5.41) is 34.6. The summed E-state index contributed by atoms with van der Waals surface area (Å²) in [6.45, 7) is 2.30. The average molecular weight is 1010 g/mol. The lowest BCUT2D eigenvalue weighted by molar-refractivity contribution is -0.922. The number of halogens is 6. The van der Waals surface area contributed by atoms with Crippen LogP contribution < -0.4 is 20.4 Å². The van der Waals surface area contributed by atoms with Crippen molar-refractivity contribution in [2.24, 2.45) is 0 Å². The zero-order valence-corrected chi connectivity index (χ0v) is 39.3. The van der Waals surface area contributed by atoms with Gasteiger partial charge in [0.2, 0.25) is 0 Å². The molecule has 0 fully saturated rings. The number of hydrogen-bond acceptors (Lipinski definition) is 7. The molecule has 73 heavy (non-hydrogen) atoms. The molecule has 4 aromatic carbocycles. The van der Waals surface area contributed by atoms with E-state index in [2.05, 4.69) is 10.6 Å². The van der Waals surface area contributed by atoms with Crippen LogP contribution in [0, 0.1) is 22.7 Å². The van der Waals surface area contributed by atoms with Crippen molar-refractivity contribution in [1.29, 1.82) is 10.5 Å². The summed E-state index contributed by atoms with van der Waals surface area (Å²) in [4.78, 5) is 74.4. The summed E-state index contributed by atoms with van der Waals surface area (Å²) in [7, 11) is 0. The Labute approximate surface area is 415 Å². The van der Waals surface area contributed by atoms with Crippen molar-refractivity contribution in [3.8, 4) is 12.1 Å². The first-order valence-electron chi connectivity index (χ1n) is 23.4. The molecule has 4 aliphatic rings. The van der Waals surface area contributed by atoms with Crippen LogP contribution in [-0.4, -0.2) is 102 Å². The normalized spacial score (nSPS) is 18.8. The van der Waals surface area contributed by atoms with Crippen LogP contribution in [0.2, 0.25) is 0 Å². The molecule has 378 valence electrons. The Morgan fingerprint density at radius 3 is 1.40 bits per heavy atom. The molecule has 21 heteroatoms. The van der Waals surface area contributed by atoms with Gasteiger partial charge in [-0.1, -0.05) is 49.7 Å². The van der Waals surface area contributed by atoms with Crippen LogP contribution in [-0.2, 0) is 26.7 Å². The zero-order chi connectivity index (χ0) is 52.4. The second kappa shape index (κ2) is 20.5. The maximum atomic E-state index is 14.5. The predicted octanol–water partition coefficient (Wildman–Crippen LogP) is 8.38. The van der Waals surface area contributed by atoms with Gasteiger partial charge < -0.3 is 30.0 Å². The van der Waals surface area contributed by atoms with Crippen LogP contribution >= 0.6 is 0 Å². The molecule has 0 bridgehead atoms. The van der Waals surface area contributed by atoms with Gasteiger partial charge in [0, 0.05) is 25.9 Å². The number of hydrogen-bond donors (Lipinski definition) is 3. The van der Waals surface area contributed by atoms with Gasteiger partial charge in [0.1, 0.15) is 0 Å². The number of anilines is 2. The summed E-state index contributed by atoms with van der Waals surface area (Å²) < 4.78 is 83.4. The van der Waals surface area contributed by atoms with E-state index in [0.717, 1.165) is 46.2 Å². The molecular weight excluding hydrogens is 961 g/mol. The van der Waals surface area contributed by atoms with E-state index in [4.69, 9.17) is 0 Å². The van der Waals surface area contributed by atoms with Crippen molar-refractivity contribution in [2.45, 2.75) is 57.0 Å². The number of alkyl halides is 6. The number of carbonyl (C=O) groups is 5. The summed E-state index contributed by atoms with van der Waals surface area (Å²) in [6, 6.07) is 21.2. The summed E-state index contributed by atoms with van der Waals surface area (Å²) in [5.41, 5.74) is -0.117. The molecule has 3 N–H and O–H groups in total. The molecule has 4 aliphatic heterocycles. The van der Waals surface area contributed by atoms with Crippen LogP contribution in [0.3, 0.4) is 0 Å². The van der Waals surface area contributed by atoms with Crippen LogP contribution in [0.4, 0.5) is 47.3 Å². The molecule has 4 heterocycles. The largest absolute Gasteiger partial charge is 0.477 e. The molecule has 0 radical (unpaired) electrons. The standard InChI is InChI=1S/C52H47F6N9O6/c1-2-3-22-67(31-42(68)69,23-6-20-63-29-40-43(47(63)70)45(34-16-12-32(27-59)13-17-34)61-49(72)65(40)38-10-4-8-36(25-38)51(53,54)55)24-7-21-64-30-41-44(48(64)71)46(35-18-14-33(28-60)15-19-35)62-50(73)66(41)39-11-5-9-37(26-39)52(56,57)58/h4-5,8-19,25-26,45-46H,2-3,6-7,20-24,29-31H2,1H3,(H2-,61,62,68,69,72,73)/p+1. The third kappa shape index (κ3) is 10.6. The molecule has 8 rings (SSSR count). The minimum Gasteiger partial charge on any atom is -0.477 e. The molecular formula is C52H48F6N9O6+. The number of rotatable bonds is 17. The number of carboxylic acids is 1.